The van der Waals surface area contributed by atoms with Crippen molar-refractivity contribution < 1.29 is 28.7 Å². The van der Waals surface area contributed by atoms with E-state index in [2.05, 4.69) is 21.3 Å². The Morgan fingerprint density at radius 3 is 2.47 bits per heavy atom. The van der Waals surface area contributed by atoms with E-state index in [0.29, 0.717) is 6.42 Å². The average molecular weight is 487 g/mol. The summed E-state index contributed by atoms with van der Waals surface area (Å²) in [7, 11) is 2.96. The molecular formula is C20H30N4O6S2. The summed E-state index contributed by atoms with van der Waals surface area (Å²) in [6, 6.07) is -2.71. The number of nitrogens with one attached hydrogen (secondary N) is 4. The largest absolute Gasteiger partial charge is 0.456 e. The minimum absolute atomic E-state index is 0.172. The third-order valence-corrected chi connectivity index (χ3v) is 7.21. The fourth-order valence-corrected chi connectivity index (χ4v) is 5.14. The molecule has 0 spiro atoms. The lowest BCUT2D eigenvalue weighted by atomic mass is 10.0. The van der Waals surface area contributed by atoms with Crippen molar-refractivity contribution in [3.63, 3.8) is 0 Å². The van der Waals surface area contributed by atoms with Gasteiger partial charge in [-0.05, 0) is 25.3 Å². The van der Waals surface area contributed by atoms with Gasteiger partial charge < -0.3 is 26.0 Å². The first-order valence-corrected chi connectivity index (χ1v) is 12.9. The van der Waals surface area contributed by atoms with E-state index < -0.39 is 60.4 Å². The molecule has 1 saturated heterocycles. The zero-order valence-electron chi connectivity index (χ0n) is 18.3. The van der Waals surface area contributed by atoms with Crippen LogP contribution in [0.1, 0.15) is 33.6 Å². The SMILES string of the molecule is CC(C)C1NC(=O)C[C@H]2/C=C/CCSSC[C@@H](NC1=O)C(=O)N[C@H](C)C(=O)NCC(=O)O2. The Morgan fingerprint density at radius 2 is 1.75 bits per heavy atom. The van der Waals surface area contributed by atoms with E-state index in [-0.39, 0.29) is 18.1 Å². The molecule has 4 amide bonds. The average Bonchev–Trinajstić information content (AvgIpc) is 2.72. The van der Waals surface area contributed by atoms with Gasteiger partial charge in [0.15, 0.2) is 0 Å². The smallest absolute Gasteiger partial charge is 0.326 e. The highest BCUT2D eigenvalue weighted by atomic mass is 33.1. The van der Waals surface area contributed by atoms with E-state index >= 15 is 0 Å². The van der Waals surface area contributed by atoms with Gasteiger partial charge in [-0.15, -0.1) is 0 Å². The molecule has 1 fully saturated rings. The highest BCUT2D eigenvalue weighted by Gasteiger charge is 2.31. The summed E-state index contributed by atoms with van der Waals surface area (Å²) in [6.07, 6.45) is 3.12. The molecule has 32 heavy (non-hydrogen) atoms. The van der Waals surface area contributed by atoms with Crippen LogP contribution in [0.25, 0.3) is 0 Å². The Labute approximate surface area is 195 Å². The predicted octanol–water partition coefficient (Wildman–Crippen LogP) is -0.110. The van der Waals surface area contributed by atoms with Crippen molar-refractivity contribution in [1.82, 2.24) is 21.3 Å². The van der Waals surface area contributed by atoms with Crippen LogP contribution in [0.5, 0.6) is 0 Å². The first-order chi connectivity index (χ1) is 15.2. The molecule has 0 aromatic rings. The van der Waals surface area contributed by atoms with Crippen LogP contribution < -0.4 is 21.3 Å². The minimum atomic E-state index is -0.924. The Hall–Kier alpha value is -2.21. The number of esters is 1. The highest BCUT2D eigenvalue weighted by Crippen LogP contribution is 2.23. The van der Waals surface area contributed by atoms with Crippen LogP contribution in [0.4, 0.5) is 0 Å². The number of ether oxygens (including phenoxy) is 1. The molecule has 0 aromatic carbocycles. The predicted molar refractivity (Wildman–Crippen MR) is 122 cm³/mol. The van der Waals surface area contributed by atoms with Crippen LogP contribution in [0, 0.1) is 5.92 Å². The fraction of sp³-hybridized carbons (Fsp3) is 0.650. The van der Waals surface area contributed by atoms with Crippen molar-refractivity contribution in [2.45, 2.75) is 57.8 Å². The maximum absolute atomic E-state index is 12.9. The lowest BCUT2D eigenvalue weighted by molar-refractivity contribution is -0.148. The van der Waals surface area contributed by atoms with Crippen molar-refractivity contribution in [2.24, 2.45) is 5.92 Å². The first kappa shape index (κ1) is 26.0. The van der Waals surface area contributed by atoms with Crippen molar-refractivity contribution >= 4 is 51.2 Å². The summed E-state index contributed by atoms with van der Waals surface area (Å²) in [5.41, 5.74) is 0. The second-order valence-electron chi connectivity index (χ2n) is 7.85. The third-order valence-electron chi connectivity index (χ3n) is 4.76. The molecule has 4 atom stereocenters. The van der Waals surface area contributed by atoms with E-state index in [0.717, 1.165) is 5.75 Å². The normalized spacial score (nSPS) is 30.3. The summed E-state index contributed by atoms with van der Waals surface area (Å²) >= 11 is 0. The summed E-state index contributed by atoms with van der Waals surface area (Å²) in [5, 5.41) is 10.4. The molecular weight excluding hydrogens is 456 g/mol. The number of allylic oxidation sites excluding steroid dienone is 1. The summed E-state index contributed by atoms with van der Waals surface area (Å²) < 4.78 is 5.36. The molecule has 0 radical (unpaired) electrons. The molecule has 12 heteroatoms. The molecule has 2 heterocycles. The molecule has 0 aliphatic carbocycles. The van der Waals surface area contributed by atoms with Crippen molar-refractivity contribution in [1.29, 1.82) is 0 Å². The zero-order chi connectivity index (χ0) is 23.7. The van der Waals surface area contributed by atoms with Crippen LogP contribution in [0.2, 0.25) is 0 Å². The van der Waals surface area contributed by atoms with E-state index in [4.69, 9.17) is 4.74 Å². The molecule has 178 valence electrons. The van der Waals surface area contributed by atoms with Crippen molar-refractivity contribution in [3.05, 3.63) is 12.2 Å². The number of hydrogen-bond acceptors (Lipinski definition) is 8. The maximum Gasteiger partial charge on any atom is 0.326 e. The lowest BCUT2D eigenvalue weighted by Crippen LogP contribution is -2.58. The molecule has 0 aromatic heterocycles. The number of carbonyl (C=O) groups excluding carboxylic acids is 5. The maximum atomic E-state index is 12.9. The Bertz CT molecular complexity index is 760. The standard InChI is InChI=1S/C20H30N4O6S2/c1-11(2)17-20(29)23-14-10-32-31-7-5-4-6-13(8-15(25)24-17)30-16(26)9-21-18(27)12(3)22-19(14)28/h4,6,11-14,17H,5,7-10H2,1-3H3,(H,21,27)(H,22,28)(H,23,29)(H,24,25)/b6-4+/t12-,13-,14-,17?/m1/s1. The fourth-order valence-electron chi connectivity index (χ4n) is 2.99. The first-order valence-electron chi connectivity index (χ1n) is 10.5. The molecule has 2 bridgehead atoms. The van der Waals surface area contributed by atoms with Gasteiger partial charge in [-0.2, -0.15) is 0 Å². The molecule has 2 aliphatic heterocycles. The molecule has 0 saturated carbocycles. The lowest BCUT2D eigenvalue weighted by Gasteiger charge is -2.26. The van der Waals surface area contributed by atoms with E-state index in [1.165, 1.54) is 28.5 Å². The second kappa shape index (κ2) is 12.7. The molecule has 1 unspecified atom stereocenters. The molecule has 10 nitrogen and oxygen atoms in total. The summed E-state index contributed by atoms with van der Waals surface area (Å²) in [6.45, 7) is 4.64. The Morgan fingerprint density at radius 1 is 1.00 bits per heavy atom. The number of rotatable bonds is 1. The van der Waals surface area contributed by atoms with E-state index in [1.54, 1.807) is 19.9 Å². The van der Waals surface area contributed by atoms with Gasteiger partial charge in [0.05, 0.1) is 6.42 Å². The van der Waals surface area contributed by atoms with Crippen LogP contribution in [-0.4, -0.2) is 71.9 Å². The Kier molecular flexibility index (Phi) is 10.4. The summed E-state index contributed by atoms with van der Waals surface area (Å²) in [5.74, 6) is -2.01. The molecule has 2 aliphatic rings. The van der Waals surface area contributed by atoms with Crippen LogP contribution in [-0.2, 0) is 28.7 Å². The summed E-state index contributed by atoms with van der Waals surface area (Å²) in [4.78, 5) is 62.9. The van der Waals surface area contributed by atoms with Gasteiger partial charge in [0, 0.05) is 11.5 Å². The zero-order valence-corrected chi connectivity index (χ0v) is 20.0. The van der Waals surface area contributed by atoms with Gasteiger partial charge in [-0.1, -0.05) is 41.5 Å². The minimum Gasteiger partial charge on any atom is -0.456 e. The molecule has 4 N–H and O–H groups in total. The number of amides is 4. The van der Waals surface area contributed by atoms with Crippen LogP contribution in [0.15, 0.2) is 12.2 Å². The monoisotopic (exact) mass is 486 g/mol. The quantitative estimate of drug-likeness (QED) is 0.228. The van der Waals surface area contributed by atoms with Gasteiger partial charge >= 0.3 is 5.97 Å². The van der Waals surface area contributed by atoms with Crippen molar-refractivity contribution in [3.8, 4) is 0 Å². The topological polar surface area (TPSA) is 143 Å². The van der Waals surface area contributed by atoms with Gasteiger partial charge in [0.25, 0.3) is 0 Å². The van der Waals surface area contributed by atoms with E-state index in [1.807, 2.05) is 6.08 Å². The van der Waals surface area contributed by atoms with E-state index in [9.17, 15) is 24.0 Å². The third kappa shape index (κ3) is 8.38. The van der Waals surface area contributed by atoms with Crippen molar-refractivity contribution in [2.75, 3.05) is 18.1 Å². The van der Waals surface area contributed by atoms with Gasteiger partial charge in [0.2, 0.25) is 23.6 Å². The Balaban J connectivity index is 2.40. The number of carbonyl (C=O) groups is 5. The highest BCUT2D eigenvalue weighted by molar-refractivity contribution is 8.76. The van der Waals surface area contributed by atoms with Crippen LogP contribution in [0.3, 0.4) is 0 Å². The van der Waals surface area contributed by atoms with Gasteiger partial charge in [-0.3, -0.25) is 24.0 Å². The number of fused-ring (bicyclic) bond motifs is 7. The van der Waals surface area contributed by atoms with Crippen LogP contribution >= 0.6 is 21.6 Å². The van der Waals surface area contributed by atoms with Gasteiger partial charge in [0.1, 0.15) is 30.8 Å². The molecule has 2 rings (SSSR count). The van der Waals surface area contributed by atoms with Gasteiger partial charge in [-0.25, -0.2) is 0 Å². The second-order valence-corrected chi connectivity index (χ2v) is 10.5. The number of hydrogen-bond donors (Lipinski definition) is 4.